The molecule has 132 valence electrons. The van der Waals surface area contributed by atoms with Crippen molar-refractivity contribution in [1.29, 1.82) is 5.26 Å². The average Bonchev–Trinajstić information content (AvgIpc) is 3.27. The van der Waals surface area contributed by atoms with Crippen molar-refractivity contribution in [2.24, 2.45) is 7.05 Å². The first-order chi connectivity index (χ1) is 12.6. The van der Waals surface area contributed by atoms with Crippen molar-refractivity contribution < 1.29 is 9.53 Å². The van der Waals surface area contributed by atoms with E-state index in [0.717, 1.165) is 16.2 Å². The van der Waals surface area contributed by atoms with Gasteiger partial charge in [0.2, 0.25) is 0 Å². The zero-order valence-electron chi connectivity index (χ0n) is 14.8. The van der Waals surface area contributed by atoms with Crippen LogP contribution >= 0.6 is 23.1 Å². The summed E-state index contributed by atoms with van der Waals surface area (Å²) in [5, 5.41) is 11.7. The van der Waals surface area contributed by atoms with Crippen LogP contribution in [0.5, 0.6) is 0 Å². The molecule has 0 aliphatic carbocycles. The minimum Gasteiger partial charge on any atom is -0.464 e. The van der Waals surface area contributed by atoms with Crippen LogP contribution in [-0.2, 0) is 18.2 Å². The molecule has 0 spiro atoms. The van der Waals surface area contributed by atoms with Crippen molar-refractivity contribution in [2.45, 2.75) is 22.4 Å². The predicted molar refractivity (Wildman–Crippen MR) is 105 cm³/mol. The lowest BCUT2D eigenvalue weighted by molar-refractivity contribution is 0.0590. The first-order valence-corrected chi connectivity index (χ1v) is 9.82. The van der Waals surface area contributed by atoms with Crippen molar-refractivity contribution in [3.05, 3.63) is 58.7 Å². The van der Waals surface area contributed by atoms with E-state index >= 15 is 0 Å². The topological polar surface area (TPSA) is 55.0 Å². The molecule has 0 amide bonds. The molecule has 0 saturated carbocycles. The minimum absolute atomic E-state index is 0.416. The summed E-state index contributed by atoms with van der Waals surface area (Å²) in [6.45, 7) is 1.97. The Morgan fingerprint density at radius 1 is 1.31 bits per heavy atom. The normalized spacial score (nSPS) is 10.5. The molecule has 0 N–H and O–H groups in total. The van der Waals surface area contributed by atoms with Crippen molar-refractivity contribution in [1.82, 2.24) is 4.57 Å². The molecule has 0 atom stereocenters. The molecule has 0 saturated heterocycles. The van der Waals surface area contributed by atoms with E-state index in [2.05, 4.69) is 17.5 Å². The van der Waals surface area contributed by atoms with Crippen LogP contribution in [-0.4, -0.2) is 17.6 Å². The van der Waals surface area contributed by atoms with Gasteiger partial charge in [-0.1, -0.05) is 36.9 Å². The third-order valence-electron chi connectivity index (χ3n) is 4.20. The Hall–Kier alpha value is -2.49. The molecule has 0 bridgehead atoms. The highest BCUT2D eigenvalue weighted by Gasteiger charge is 2.26. The Morgan fingerprint density at radius 3 is 2.58 bits per heavy atom. The molecule has 3 aromatic rings. The largest absolute Gasteiger partial charge is 0.464 e. The standard InChI is InChI=1S/C20H18N2O2S2/c1-4-16-15(12-21)18(19(22(16)2)20(23)24-3)13-7-9-14(10-8-13)26-17-6-5-11-25-17/h5-11H,4H2,1-3H3. The number of hydrogen-bond acceptors (Lipinski definition) is 5. The highest BCUT2D eigenvalue weighted by Crippen LogP contribution is 2.36. The van der Waals surface area contributed by atoms with Crippen LogP contribution in [0.25, 0.3) is 11.1 Å². The molecule has 1 aromatic carbocycles. The number of nitrogens with zero attached hydrogens (tertiary/aromatic N) is 2. The summed E-state index contributed by atoms with van der Waals surface area (Å²) in [5.41, 5.74) is 3.27. The second-order valence-electron chi connectivity index (χ2n) is 5.62. The average molecular weight is 383 g/mol. The number of hydrogen-bond donors (Lipinski definition) is 0. The molecule has 0 radical (unpaired) electrons. The Kier molecular flexibility index (Phi) is 5.50. The number of aromatic nitrogens is 1. The SMILES string of the molecule is CCc1c(C#N)c(-c2ccc(Sc3cccs3)cc2)c(C(=O)OC)n1C. The predicted octanol–water partition coefficient (Wildman–Crippen LogP) is 5.13. The van der Waals surface area contributed by atoms with Crippen molar-refractivity contribution in [2.75, 3.05) is 7.11 Å². The Labute approximate surface area is 161 Å². The van der Waals surface area contributed by atoms with Crippen LogP contribution < -0.4 is 0 Å². The van der Waals surface area contributed by atoms with Gasteiger partial charge in [-0.3, -0.25) is 0 Å². The van der Waals surface area contributed by atoms with E-state index in [-0.39, 0.29) is 0 Å². The number of esters is 1. The molecular formula is C20H18N2O2S2. The Balaban J connectivity index is 2.08. The van der Waals surface area contributed by atoms with Crippen LogP contribution in [0.3, 0.4) is 0 Å². The van der Waals surface area contributed by atoms with Gasteiger partial charge < -0.3 is 9.30 Å². The number of benzene rings is 1. The van der Waals surface area contributed by atoms with E-state index in [9.17, 15) is 10.1 Å². The summed E-state index contributed by atoms with van der Waals surface area (Å²) in [4.78, 5) is 13.5. The number of methoxy groups -OCH3 is 1. The van der Waals surface area contributed by atoms with Crippen LogP contribution in [0.4, 0.5) is 0 Å². The number of carbonyl (C=O) groups is 1. The van der Waals surface area contributed by atoms with Gasteiger partial charge in [-0.25, -0.2) is 4.79 Å². The second kappa shape index (κ2) is 7.81. The van der Waals surface area contributed by atoms with E-state index < -0.39 is 5.97 Å². The maximum atomic E-state index is 12.3. The van der Waals surface area contributed by atoms with Gasteiger partial charge in [0, 0.05) is 23.2 Å². The molecule has 0 aliphatic rings. The number of rotatable bonds is 5. The molecule has 0 unspecified atom stereocenters. The minimum atomic E-state index is -0.435. The summed E-state index contributed by atoms with van der Waals surface area (Å²) >= 11 is 3.39. The van der Waals surface area contributed by atoms with Gasteiger partial charge in [0.1, 0.15) is 11.8 Å². The number of ether oxygens (including phenoxy) is 1. The quantitative estimate of drug-likeness (QED) is 0.574. The van der Waals surface area contributed by atoms with Gasteiger partial charge in [-0.05, 0) is 35.6 Å². The van der Waals surface area contributed by atoms with Crippen LogP contribution in [0, 0.1) is 11.3 Å². The highest BCUT2D eigenvalue weighted by molar-refractivity contribution is 8.01. The van der Waals surface area contributed by atoms with E-state index in [1.54, 1.807) is 34.7 Å². The maximum absolute atomic E-state index is 12.3. The van der Waals surface area contributed by atoms with Crippen LogP contribution in [0.15, 0.2) is 50.9 Å². The summed E-state index contributed by atoms with van der Waals surface area (Å²) in [5.74, 6) is -0.435. The fourth-order valence-corrected chi connectivity index (χ4v) is 4.76. The summed E-state index contributed by atoms with van der Waals surface area (Å²) in [6.07, 6.45) is 0.662. The molecule has 2 heterocycles. The van der Waals surface area contributed by atoms with Crippen molar-refractivity contribution in [3.8, 4) is 17.2 Å². The van der Waals surface area contributed by atoms with Crippen LogP contribution in [0.2, 0.25) is 0 Å². The van der Waals surface area contributed by atoms with Gasteiger partial charge in [0.25, 0.3) is 0 Å². The molecular weight excluding hydrogens is 364 g/mol. The first kappa shape index (κ1) is 18.3. The Bertz CT molecular complexity index is 965. The smallest absolute Gasteiger partial charge is 0.355 e. The Morgan fingerprint density at radius 2 is 2.04 bits per heavy atom. The lowest BCUT2D eigenvalue weighted by Crippen LogP contribution is -2.10. The molecule has 3 rings (SSSR count). The molecule has 26 heavy (non-hydrogen) atoms. The van der Waals surface area contributed by atoms with Gasteiger partial charge in [-0.15, -0.1) is 11.3 Å². The van der Waals surface area contributed by atoms with E-state index in [1.165, 1.54) is 11.3 Å². The lowest BCUT2D eigenvalue weighted by Gasteiger charge is -2.07. The van der Waals surface area contributed by atoms with Gasteiger partial charge in [0.05, 0.1) is 16.9 Å². The third-order valence-corrected chi connectivity index (χ3v) is 6.24. The molecule has 6 heteroatoms. The van der Waals surface area contributed by atoms with E-state index in [0.29, 0.717) is 23.2 Å². The van der Waals surface area contributed by atoms with Gasteiger partial charge in [0.15, 0.2) is 0 Å². The summed E-state index contributed by atoms with van der Waals surface area (Å²) < 4.78 is 7.95. The molecule has 4 nitrogen and oxygen atoms in total. The zero-order chi connectivity index (χ0) is 18.7. The monoisotopic (exact) mass is 382 g/mol. The van der Waals surface area contributed by atoms with E-state index in [4.69, 9.17) is 4.74 Å². The summed E-state index contributed by atoms with van der Waals surface area (Å²) in [7, 11) is 3.16. The fourth-order valence-electron chi connectivity index (χ4n) is 3.01. The third kappa shape index (κ3) is 3.28. The number of carbonyl (C=O) groups excluding carboxylic acids is 1. The first-order valence-electron chi connectivity index (χ1n) is 8.12. The van der Waals surface area contributed by atoms with E-state index in [1.807, 2.05) is 37.3 Å². The molecule has 2 aromatic heterocycles. The fraction of sp³-hybridized carbons (Fsp3) is 0.200. The second-order valence-corrected chi connectivity index (χ2v) is 7.94. The molecule has 0 fully saturated rings. The van der Waals surface area contributed by atoms with Crippen LogP contribution in [0.1, 0.15) is 28.7 Å². The lowest BCUT2D eigenvalue weighted by atomic mass is 10.00. The summed E-state index contributed by atoms with van der Waals surface area (Å²) in [6, 6.07) is 14.3. The van der Waals surface area contributed by atoms with Crippen molar-refractivity contribution >= 4 is 29.1 Å². The maximum Gasteiger partial charge on any atom is 0.355 e. The van der Waals surface area contributed by atoms with Gasteiger partial charge >= 0.3 is 5.97 Å². The number of nitriles is 1. The zero-order valence-corrected chi connectivity index (χ0v) is 16.4. The molecule has 0 aliphatic heterocycles. The highest BCUT2D eigenvalue weighted by atomic mass is 32.2. The number of thiophene rings is 1. The van der Waals surface area contributed by atoms with Gasteiger partial charge in [-0.2, -0.15) is 5.26 Å². The van der Waals surface area contributed by atoms with Crippen molar-refractivity contribution in [3.63, 3.8) is 0 Å².